The van der Waals surface area contributed by atoms with Crippen LogP contribution in [0.15, 0.2) is 455 Å². The number of para-hydroxylation sites is 6. The van der Waals surface area contributed by atoms with Gasteiger partial charge in [0, 0.05) is 38.9 Å². The monoisotopic (exact) mass is 1800 g/mol. The normalized spacial score (nSPS) is 12.3. The van der Waals surface area contributed by atoms with Gasteiger partial charge >= 0.3 is 251 Å². The quantitative estimate of drug-likeness (QED) is 0.0624. The molecule has 6 aromatic heterocycles. The number of benzene rings is 21. The van der Waals surface area contributed by atoms with Crippen LogP contribution in [0.4, 0.5) is 0 Å². The number of nitrogens with zero attached hydrogens (tertiary/aromatic N) is 6. The van der Waals surface area contributed by atoms with E-state index in [-0.39, 0.29) is 0 Å². The van der Waals surface area contributed by atoms with Crippen LogP contribution in [0.5, 0.6) is 0 Å². The predicted molar refractivity (Wildman–Crippen MR) is 565 cm³/mol. The van der Waals surface area contributed by atoms with Crippen molar-refractivity contribution in [3.05, 3.63) is 455 Å². The van der Waals surface area contributed by atoms with Crippen molar-refractivity contribution in [2.75, 3.05) is 0 Å². The third kappa shape index (κ3) is 12.3. The number of aromatic nitrogens is 6. The van der Waals surface area contributed by atoms with Gasteiger partial charge in [0.1, 0.15) is 11.3 Å². The summed E-state index contributed by atoms with van der Waals surface area (Å²) in [6.45, 7) is 0. The van der Waals surface area contributed by atoms with E-state index in [1.807, 2.05) is 0 Å². The van der Waals surface area contributed by atoms with Crippen LogP contribution in [0.2, 0.25) is 0 Å². The number of pyridine rings is 3. The van der Waals surface area contributed by atoms with Gasteiger partial charge in [-0.3, -0.25) is 8.80 Å². The number of imidazole rings is 3. The molecule has 0 spiro atoms. The standard InChI is InChI=1S/2C39H25N2PS.C39H25N2PSe/c43-42(28-14-3-1-4-15-28,29-16-5-2-6-17-29)37-21-11-18-31-30(37)22-23-32-33-24-26-12-7-8-13-27(26)25-36(33)41-35-20-10-9-19-34(35)40-39(41)38(31)32;43-42(29-13-3-1-4-14-29,30-15-5-2-6-16-30)31-21-19-26-20-22-32-34-23-27-11-7-8-12-28(27)24-37(34)41-36-18-10-9-17-35(36)40-39(41)38(32)33(26)25-31;43-42(29-13-3-1-4-14-29,30-15-5-2-6-16-30)31-20-22-32-28(23-31)19-21-33-34-24-26-11-7-8-12-27(26)25-37(34)41-36-18-10-9-17-35(36)40-39(41)38(32)33/h3*1-25H. The molecule has 0 saturated heterocycles. The average molecular weight is 1800 g/mol. The van der Waals surface area contributed by atoms with Crippen molar-refractivity contribution in [2.45, 2.75) is 0 Å². The first-order valence-corrected chi connectivity index (χ1v) is 53.1. The topological polar surface area (TPSA) is 51.9 Å². The van der Waals surface area contributed by atoms with Gasteiger partial charge in [0.15, 0.2) is 0 Å². The first kappa shape index (κ1) is 77.2. The van der Waals surface area contributed by atoms with Crippen molar-refractivity contribution in [3.63, 3.8) is 0 Å². The second-order valence-electron chi connectivity index (χ2n) is 33.4. The summed E-state index contributed by atoms with van der Waals surface area (Å²) in [6, 6.07) is 159. The van der Waals surface area contributed by atoms with Gasteiger partial charge in [-0.2, -0.15) is 0 Å². The van der Waals surface area contributed by atoms with E-state index in [9.17, 15) is 0 Å². The van der Waals surface area contributed by atoms with Gasteiger partial charge < -0.3 is 0 Å². The van der Waals surface area contributed by atoms with E-state index in [0.717, 1.165) is 50.0 Å². The molecule has 0 aliphatic carbocycles. The molecule has 0 radical (unpaired) electrons. The zero-order valence-electron chi connectivity index (χ0n) is 69.6. The molecule has 0 unspecified atom stereocenters. The fourth-order valence-corrected chi connectivity index (χ4v) is 33.1. The van der Waals surface area contributed by atoms with Crippen molar-refractivity contribution in [3.8, 4) is 0 Å². The summed E-state index contributed by atoms with van der Waals surface area (Å²) in [5.41, 5.74) is 10.9. The van der Waals surface area contributed by atoms with Crippen LogP contribution in [0.25, 0.3) is 180 Å². The number of rotatable bonds is 9. The van der Waals surface area contributed by atoms with Crippen molar-refractivity contribution in [1.82, 2.24) is 28.2 Å². The minimum absolute atomic E-state index is 0.981. The Hall–Kier alpha value is -14.2. The summed E-state index contributed by atoms with van der Waals surface area (Å²) >= 11 is 17.3. The zero-order valence-corrected chi connectivity index (χ0v) is 75.6. The third-order valence-corrected chi connectivity index (χ3v) is 43.3. The molecule has 0 saturated carbocycles. The molecule has 0 aliphatic rings. The molecule has 12 heteroatoms. The second-order valence-corrected chi connectivity index (χ2v) is 48.4. The van der Waals surface area contributed by atoms with Crippen LogP contribution >= 0.6 is 17.6 Å². The number of hydrogen-bond acceptors (Lipinski definition) is 5. The molecular formula is C117H75N6P3S2Se. The average Bonchev–Trinajstić information content (AvgIpc) is 1.59. The maximum absolute atomic E-state index is 6.82. The number of hydrogen-bond donors (Lipinski definition) is 0. The van der Waals surface area contributed by atoms with Crippen LogP contribution in [0, 0.1) is 0 Å². The Morgan fingerprint density at radius 2 is 0.488 bits per heavy atom. The van der Waals surface area contributed by atoms with E-state index in [4.69, 9.17) is 38.6 Å². The summed E-state index contributed by atoms with van der Waals surface area (Å²) < 4.78 is 7.08. The van der Waals surface area contributed by atoms with E-state index in [2.05, 4.69) is 483 Å². The van der Waals surface area contributed by atoms with Gasteiger partial charge in [-0.1, -0.05) is 278 Å². The zero-order chi connectivity index (χ0) is 85.6. The molecule has 6 heterocycles. The molecule has 606 valence electrons. The first-order chi connectivity index (χ1) is 63.6. The molecule has 0 fully saturated rings. The Kier molecular flexibility index (Phi) is 18.5. The Morgan fingerprint density at radius 3 is 0.907 bits per heavy atom. The predicted octanol–water partition coefficient (Wildman–Crippen LogP) is 26.2. The van der Waals surface area contributed by atoms with Crippen LogP contribution in [0.3, 0.4) is 0 Å². The van der Waals surface area contributed by atoms with Crippen LogP contribution < -0.4 is 47.7 Å². The van der Waals surface area contributed by atoms with Gasteiger partial charge in [-0.05, 0) is 135 Å². The summed E-state index contributed by atoms with van der Waals surface area (Å²) in [6.07, 6.45) is 0. The second kappa shape index (κ2) is 30.8. The van der Waals surface area contributed by atoms with E-state index in [1.54, 1.807) is 0 Å². The Balaban J connectivity index is 0.000000105. The molecule has 6 nitrogen and oxygen atoms in total. The maximum atomic E-state index is 6.82. The van der Waals surface area contributed by atoms with E-state index < -0.39 is 17.6 Å². The van der Waals surface area contributed by atoms with Crippen LogP contribution in [0.1, 0.15) is 0 Å². The number of fused-ring (bicyclic) bond motifs is 33. The van der Waals surface area contributed by atoms with Crippen molar-refractivity contribution in [2.24, 2.45) is 0 Å². The summed E-state index contributed by atoms with van der Waals surface area (Å²) in [7, 11) is 0. The molecule has 0 atom stereocenters. The summed E-state index contributed by atoms with van der Waals surface area (Å²) in [4.78, 5) is 15.8. The van der Waals surface area contributed by atoms with Crippen LogP contribution in [-0.2, 0) is 23.6 Å². The van der Waals surface area contributed by atoms with E-state index in [0.29, 0.717) is 0 Å². The minimum atomic E-state index is -2.36. The van der Waals surface area contributed by atoms with Gasteiger partial charge in [-0.15, -0.1) is 0 Å². The van der Waals surface area contributed by atoms with Gasteiger partial charge in [0.25, 0.3) is 0 Å². The molecular weight excluding hydrogens is 1730 g/mol. The van der Waals surface area contributed by atoms with Crippen LogP contribution in [-0.4, -0.2) is 43.3 Å². The molecule has 27 rings (SSSR count). The third-order valence-electron chi connectivity index (χ3n) is 26.4. The molecule has 27 aromatic rings. The fourth-order valence-electron chi connectivity index (χ4n) is 20.4. The van der Waals surface area contributed by atoms with Gasteiger partial charge in [0.05, 0.1) is 33.1 Å². The first-order valence-electron chi connectivity index (χ1n) is 43.5. The molecule has 21 aromatic carbocycles. The van der Waals surface area contributed by atoms with Crippen molar-refractivity contribution >= 4 is 284 Å². The Morgan fingerprint density at radius 1 is 0.186 bits per heavy atom. The van der Waals surface area contributed by atoms with Gasteiger partial charge in [-0.25, -0.2) is 9.97 Å². The van der Waals surface area contributed by atoms with Crippen molar-refractivity contribution in [1.29, 1.82) is 0 Å². The van der Waals surface area contributed by atoms with E-state index >= 15 is 0 Å². The fraction of sp³-hybridized carbons (Fsp3) is 0. The molecule has 129 heavy (non-hydrogen) atoms. The van der Waals surface area contributed by atoms with Gasteiger partial charge in [0.2, 0.25) is 0 Å². The SMILES string of the molecule is S=P(c1ccccc1)(c1ccccc1)c1ccc2ccc3c4cc5ccccc5cc4n4c5ccccc5nc4c3c2c1.S=P(c1ccccc1)(c1ccccc1)c1cccc2c1ccc1c3cc4ccccc4cc3n3c4ccccc4nc3c21.[Se]=P(c1ccccc1)(c1ccccc1)c1ccc2c(ccc3c4cc5ccccc5cc4n4c5ccccc5nc4c23)c1. The summed E-state index contributed by atoms with van der Waals surface area (Å²) in [5, 5.41) is 36.7. The molecule has 0 aliphatic heterocycles. The molecule has 0 N–H and O–H groups in total. The Labute approximate surface area is 760 Å². The molecule has 0 bridgehead atoms. The van der Waals surface area contributed by atoms with E-state index in [1.165, 1.54) is 177 Å². The summed E-state index contributed by atoms with van der Waals surface area (Å²) in [5.74, 6) is 0. The Bertz CT molecular complexity index is 9180. The van der Waals surface area contributed by atoms with Crippen molar-refractivity contribution < 1.29 is 0 Å². The molecule has 0 amide bonds.